The summed E-state index contributed by atoms with van der Waals surface area (Å²) >= 11 is 0. The molecule has 0 saturated heterocycles. The molecular weight excluding hydrogens is 414 g/mol. The van der Waals surface area contributed by atoms with Gasteiger partial charge in [0.25, 0.3) is 0 Å². The highest BCUT2D eigenvalue weighted by Crippen LogP contribution is 2.37. The van der Waals surface area contributed by atoms with E-state index in [9.17, 15) is 18.4 Å². The first-order valence-corrected chi connectivity index (χ1v) is 12.2. The maximum absolute atomic E-state index is 13.4. The summed E-state index contributed by atoms with van der Waals surface area (Å²) in [6.45, 7) is 3.28. The van der Waals surface area contributed by atoms with Crippen molar-refractivity contribution in [2.45, 2.75) is 114 Å². The van der Waals surface area contributed by atoms with Crippen molar-refractivity contribution in [3.8, 4) is 0 Å². The third-order valence-corrected chi connectivity index (χ3v) is 7.02. The molecule has 0 amide bonds. The number of halogens is 2. The van der Waals surface area contributed by atoms with Crippen molar-refractivity contribution < 1.29 is 27.8 Å². The zero-order valence-corrected chi connectivity index (χ0v) is 19.2. The van der Waals surface area contributed by atoms with Crippen LogP contribution in [0.5, 0.6) is 0 Å². The van der Waals surface area contributed by atoms with Crippen molar-refractivity contribution >= 4 is 11.9 Å². The van der Waals surface area contributed by atoms with Crippen molar-refractivity contribution in [1.82, 2.24) is 0 Å². The fourth-order valence-corrected chi connectivity index (χ4v) is 4.88. The van der Waals surface area contributed by atoms with Gasteiger partial charge in [0, 0.05) is 0 Å². The first-order chi connectivity index (χ1) is 15.4. The molecule has 2 fully saturated rings. The summed E-state index contributed by atoms with van der Waals surface area (Å²) < 4.78 is 37.5. The van der Waals surface area contributed by atoms with Gasteiger partial charge >= 0.3 is 11.9 Å². The lowest BCUT2D eigenvalue weighted by Crippen LogP contribution is -2.28. The second-order valence-electron chi connectivity index (χ2n) is 9.24. The van der Waals surface area contributed by atoms with Gasteiger partial charge in [-0.15, -0.1) is 0 Å². The summed E-state index contributed by atoms with van der Waals surface area (Å²) in [5, 5.41) is 0. The highest BCUT2D eigenvalue weighted by atomic mass is 19.1. The molecule has 0 N–H and O–H groups in total. The van der Waals surface area contributed by atoms with Crippen LogP contribution < -0.4 is 0 Å². The number of esters is 2. The third kappa shape index (κ3) is 6.52. The Morgan fingerprint density at radius 3 is 1.31 bits per heavy atom. The monoisotopic (exact) mass is 450 g/mol. The van der Waals surface area contributed by atoms with E-state index in [1.54, 1.807) is 13.8 Å². The van der Waals surface area contributed by atoms with Crippen LogP contribution in [0.4, 0.5) is 8.78 Å². The molecule has 1 aromatic rings. The molecule has 4 nitrogen and oxygen atoms in total. The van der Waals surface area contributed by atoms with Gasteiger partial charge in [-0.25, -0.2) is 18.4 Å². The Balaban J connectivity index is 1.44. The Hall–Kier alpha value is -1.98. The van der Waals surface area contributed by atoms with Gasteiger partial charge in [0.05, 0.1) is 0 Å². The predicted octanol–water partition coefficient (Wildman–Crippen LogP) is 6.32. The first-order valence-electron chi connectivity index (χ1n) is 12.2. The van der Waals surface area contributed by atoms with E-state index in [0.717, 1.165) is 51.4 Å². The lowest BCUT2D eigenvalue weighted by atomic mass is 9.80. The second kappa shape index (κ2) is 11.8. The fraction of sp³-hybridized carbons (Fsp3) is 0.692. The fourth-order valence-electron chi connectivity index (χ4n) is 4.88. The number of rotatable bonds is 8. The number of hydrogen-bond acceptors (Lipinski definition) is 4. The summed E-state index contributed by atoms with van der Waals surface area (Å²) in [6, 6.07) is 8.79. The van der Waals surface area contributed by atoms with E-state index in [1.807, 2.05) is 0 Å². The Morgan fingerprint density at radius 2 is 1.03 bits per heavy atom. The van der Waals surface area contributed by atoms with Crippen LogP contribution in [0.1, 0.15) is 101 Å². The van der Waals surface area contributed by atoms with E-state index in [2.05, 4.69) is 24.3 Å². The normalized spacial score (nSPS) is 27.9. The molecule has 32 heavy (non-hydrogen) atoms. The van der Waals surface area contributed by atoms with Gasteiger partial charge in [-0.3, -0.25) is 0 Å². The Kier molecular flexibility index (Phi) is 9.06. The van der Waals surface area contributed by atoms with Gasteiger partial charge in [0.1, 0.15) is 12.2 Å². The molecule has 178 valence electrons. The number of ether oxygens (including phenoxy) is 2. The zero-order chi connectivity index (χ0) is 23.1. The highest BCUT2D eigenvalue weighted by molar-refractivity contribution is 5.75. The van der Waals surface area contributed by atoms with Crippen LogP contribution >= 0.6 is 0 Å². The maximum atomic E-state index is 13.4. The summed E-state index contributed by atoms with van der Waals surface area (Å²) in [7, 11) is 0. The molecule has 1 aromatic carbocycles. The molecule has 3 rings (SSSR count). The highest BCUT2D eigenvalue weighted by Gasteiger charge is 2.29. The molecule has 0 aliphatic heterocycles. The maximum Gasteiger partial charge on any atom is 0.340 e. The molecule has 0 bridgehead atoms. The van der Waals surface area contributed by atoms with Gasteiger partial charge in [-0.1, -0.05) is 38.1 Å². The number of benzene rings is 1. The van der Waals surface area contributed by atoms with Gasteiger partial charge in [0.2, 0.25) is 0 Å². The van der Waals surface area contributed by atoms with Crippen molar-refractivity contribution in [2.75, 3.05) is 0 Å². The van der Waals surface area contributed by atoms with Crippen molar-refractivity contribution in [3.63, 3.8) is 0 Å². The van der Waals surface area contributed by atoms with Crippen molar-refractivity contribution in [1.29, 1.82) is 0 Å². The largest absolute Gasteiger partial charge is 0.460 e. The van der Waals surface area contributed by atoms with E-state index in [-0.39, 0.29) is 25.0 Å². The molecule has 2 atom stereocenters. The Labute approximate surface area is 190 Å². The van der Waals surface area contributed by atoms with Gasteiger partial charge in [-0.05, 0) is 87.2 Å². The number of carbonyl (C=O) groups excluding carboxylic acids is 2. The minimum Gasteiger partial charge on any atom is -0.460 e. The van der Waals surface area contributed by atoms with Crippen LogP contribution in [0.2, 0.25) is 0 Å². The predicted molar refractivity (Wildman–Crippen MR) is 119 cm³/mol. The molecule has 6 heteroatoms. The van der Waals surface area contributed by atoms with Crippen LogP contribution in [0.3, 0.4) is 0 Å². The molecule has 2 saturated carbocycles. The van der Waals surface area contributed by atoms with Crippen LogP contribution in [0, 0.1) is 0 Å². The minimum absolute atomic E-state index is 0.157. The molecule has 2 aliphatic rings. The quantitative estimate of drug-likeness (QED) is 0.435. The average molecular weight is 451 g/mol. The minimum atomic E-state index is -1.51. The molecule has 0 unspecified atom stereocenters. The standard InChI is InChI=1S/C26H36F2O4/c1-3-23(27)25(29)31-21-13-9-19(10-14-21)17-5-7-18(8-6-17)20-11-15-22(16-12-20)32-26(30)24(28)4-2/h5-8,19-24H,3-4,9-16H2,1-2H3/t19?,20?,21?,22?,23-,24-/m0/s1. The summed E-state index contributed by atoms with van der Waals surface area (Å²) in [6.07, 6.45) is 3.78. The molecule has 0 radical (unpaired) electrons. The molecule has 2 aliphatic carbocycles. The smallest absolute Gasteiger partial charge is 0.340 e. The van der Waals surface area contributed by atoms with Crippen molar-refractivity contribution in [2.24, 2.45) is 0 Å². The van der Waals surface area contributed by atoms with E-state index in [4.69, 9.17) is 9.47 Å². The summed E-state index contributed by atoms with van der Waals surface area (Å²) in [4.78, 5) is 23.3. The average Bonchev–Trinajstić information content (AvgIpc) is 2.84. The third-order valence-electron chi connectivity index (χ3n) is 7.02. The second-order valence-corrected chi connectivity index (χ2v) is 9.24. The van der Waals surface area contributed by atoms with Gasteiger partial charge in [-0.2, -0.15) is 0 Å². The van der Waals surface area contributed by atoms with Crippen LogP contribution in [-0.2, 0) is 19.1 Å². The van der Waals surface area contributed by atoms with E-state index < -0.39 is 24.3 Å². The van der Waals surface area contributed by atoms with E-state index >= 15 is 0 Å². The zero-order valence-electron chi connectivity index (χ0n) is 19.2. The SMILES string of the molecule is CC[C@H](F)C(=O)OC1CCC(c2ccc(C3CCC(OC(=O)[C@@H](F)CC)CC3)cc2)CC1. The molecule has 0 aromatic heterocycles. The molecule has 0 spiro atoms. The summed E-state index contributed by atoms with van der Waals surface area (Å²) in [5.74, 6) is -0.568. The lowest BCUT2D eigenvalue weighted by Gasteiger charge is -2.30. The number of carbonyl (C=O) groups is 2. The topological polar surface area (TPSA) is 52.6 Å². The van der Waals surface area contributed by atoms with E-state index in [1.165, 1.54) is 11.1 Å². The number of alkyl halides is 2. The van der Waals surface area contributed by atoms with Gasteiger partial charge in [0.15, 0.2) is 12.3 Å². The van der Waals surface area contributed by atoms with Gasteiger partial charge < -0.3 is 9.47 Å². The lowest BCUT2D eigenvalue weighted by molar-refractivity contribution is -0.157. The number of hydrogen-bond donors (Lipinski definition) is 0. The first kappa shape index (κ1) is 24.7. The Bertz CT molecular complexity index is 672. The van der Waals surface area contributed by atoms with Crippen LogP contribution in [0.15, 0.2) is 24.3 Å². The van der Waals surface area contributed by atoms with Crippen LogP contribution in [-0.4, -0.2) is 36.5 Å². The van der Waals surface area contributed by atoms with E-state index in [0.29, 0.717) is 11.8 Å². The summed E-state index contributed by atoms with van der Waals surface area (Å²) in [5.41, 5.74) is 2.60. The molecular formula is C26H36F2O4. The Morgan fingerprint density at radius 1 is 0.719 bits per heavy atom. The molecule has 0 heterocycles. The van der Waals surface area contributed by atoms with Crippen LogP contribution in [0.25, 0.3) is 0 Å². The van der Waals surface area contributed by atoms with Crippen molar-refractivity contribution in [3.05, 3.63) is 35.4 Å².